The minimum absolute atomic E-state index is 0.0262. The molecule has 5 heteroatoms. The maximum atomic E-state index is 12.2. The van der Waals surface area contributed by atoms with Crippen molar-refractivity contribution in [2.24, 2.45) is 5.16 Å². The summed E-state index contributed by atoms with van der Waals surface area (Å²) in [5.41, 5.74) is 1.56. The second-order valence-electron chi connectivity index (χ2n) is 4.65. The van der Waals surface area contributed by atoms with Gasteiger partial charge in [-0.2, -0.15) is 0 Å². The summed E-state index contributed by atoms with van der Waals surface area (Å²) in [6, 6.07) is 9.85. The molecular weight excluding hydrogens is 244 g/mol. The molecule has 0 N–H and O–H groups in total. The van der Waals surface area contributed by atoms with Crippen molar-refractivity contribution in [2.45, 2.75) is 12.5 Å². The Kier molecular flexibility index (Phi) is 3.46. The first kappa shape index (κ1) is 12.2. The van der Waals surface area contributed by atoms with Crippen molar-refractivity contribution in [3.63, 3.8) is 0 Å². The third-order valence-corrected chi connectivity index (χ3v) is 3.39. The Morgan fingerprint density at radius 3 is 2.68 bits per heavy atom. The summed E-state index contributed by atoms with van der Waals surface area (Å²) >= 11 is 0. The summed E-state index contributed by atoms with van der Waals surface area (Å²) in [7, 11) is 0. The standard InChI is InChI=1S/C14H16N2O3/c17-14(16-6-8-18-9-7-16)12-10-13(19-15-12)11-4-2-1-3-5-11/h1-5,13H,6-10H2/t13-/m1/s1. The number of carbonyl (C=O) groups is 1. The van der Waals surface area contributed by atoms with Crippen LogP contribution < -0.4 is 0 Å². The highest BCUT2D eigenvalue weighted by Crippen LogP contribution is 2.27. The molecule has 1 aromatic rings. The third-order valence-electron chi connectivity index (χ3n) is 3.39. The van der Waals surface area contributed by atoms with Gasteiger partial charge in [-0.1, -0.05) is 35.5 Å². The zero-order chi connectivity index (χ0) is 13.1. The minimum Gasteiger partial charge on any atom is -0.387 e. The van der Waals surface area contributed by atoms with Crippen LogP contribution in [0.3, 0.4) is 0 Å². The molecule has 2 aliphatic heterocycles. The fourth-order valence-electron chi connectivity index (χ4n) is 2.30. The lowest BCUT2D eigenvalue weighted by Crippen LogP contribution is -2.43. The van der Waals surface area contributed by atoms with E-state index in [0.29, 0.717) is 38.4 Å². The maximum Gasteiger partial charge on any atom is 0.271 e. The Morgan fingerprint density at radius 2 is 1.95 bits per heavy atom. The summed E-state index contributed by atoms with van der Waals surface area (Å²) in [5.74, 6) is -0.0262. The molecule has 0 aromatic heterocycles. The van der Waals surface area contributed by atoms with Gasteiger partial charge in [-0.05, 0) is 5.56 Å². The molecule has 100 valence electrons. The number of carbonyl (C=O) groups excluding carboxylic acids is 1. The van der Waals surface area contributed by atoms with Gasteiger partial charge in [0, 0.05) is 19.5 Å². The van der Waals surface area contributed by atoms with Crippen molar-refractivity contribution in [1.82, 2.24) is 4.90 Å². The number of rotatable bonds is 2. The highest BCUT2D eigenvalue weighted by molar-refractivity contribution is 6.39. The summed E-state index contributed by atoms with van der Waals surface area (Å²) in [4.78, 5) is 19.4. The van der Waals surface area contributed by atoms with Crippen LogP contribution in [0.25, 0.3) is 0 Å². The number of hydrogen-bond acceptors (Lipinski definition) is 4. The molecule has 1 amide bonds. The van der Waals surface area contributed by atoms with E-state index in [1.807, 2.05) is 30.3 Å². The zero-order valence-corrected chi connectivity index (χ0v) is 10.6. The number of nitrogens with zero attached hydrogens (tertiary/aromatic N) is 2. The Labute approximate surface area is 111 Å². The van der Waals surface area contributed by atoms with E-state index in [4.69, 9.17) is 9.57 Å². The van der Waals surface area contributed by atoms with E-state index in [9.17, 15) is 4.79 Å². The van der Waals surface area contributed by atoms with Gasteiger partial charge < -0.3 is 14.5 Å². The molecule has 0 bridgehead atoms. The molecule has 1 saturated heterocycles. The fourth-order valence-corrected chi connectivity index (χ4v) is 2.30. The van der Waals surface area contributed by atoms with Gasteiger partial charge in [0.1, 0.15) is 5.71 Å². The van der Waals surface area contributed by atoms with Gasteiger partial charge in [0.05, 0.1) is 13.2 Å². The molecule has 0 spiro atoms. The van der Waals surface area contributed by atoms with E-state index in [0.717, 1.165) is 5.56 Å². The molecule has 1 atom stereocenters. The van der Waals surface area contributed by atoms with Gasteiger partial charge in [0.25, 0.3) is 5.91 Å². The Balaban J connectivity index is 1.63. The SMILES string of the molecule is O=C(C1=NO[C@@H](c2ccccc2)C1)N1CCOCC1. The molecule has 1 aromatic carbocycles. The molecule has 0 aliphatic carbocycles. The van der Waals surface area contributed by atoms with Gasteiger partial charge in [-0.15, -0.1) is 0 Å². The van der Waals surface area contributed by atoms with E-state index in [1.54, 1.807) is 4.90 Å². The summed E-state index contributed by atoms with van der Waals surface area (Å²) in [6.45, 7) is 2.46. The lowest BCUT2D eigenvalue weighted by atomic mass is 10.0. The van der Waals surface area contributed by atoms with Crippen molar-refractivity contribution < 1.29 is 14.4 Å². The van der Waals surface area contributed by atoms with Crippen LogP contribution in [0.4, 0.5) is 0 Å². The van der Waals surface area contributed by atoms with Crippen molar-refractivity contribution in [3.8, 4) is 0 Å². The number of amides is 1. The van der Waals surface area contributed by atoms with E-state index in [1.165, 1.54) is 0 Å². The Bertz CT molecular complexity index is 481. The second-order valence-corrected chi connectivity index (χ2v) is 4.65. The first-order valence-corrected chi connectivity index (χ1v) is 6.49. The fraction of sp³-hybridized carbons (Fsp3) is 0.429. The second kappa shape index (κ2) is 5.40. The van der Waals surface area contributed by atoms with Crippen molar-refractivity contribution in [2.75, 3.05) is 26.3 Å². The molecule has 2 heterocycles. The minimum atomic E-state index is -0.138. The molecule has 5 nitrogen and oxygen atoms in total. The van der Waals surface area contributed by atoms with Gasteiger partial charge in [0.15, 0.2) is 6.10 Å². The van der Waals surface area contributed by atoms with Crippen LogP contribution in [0.5, 0.6) is 0 Å². The molecule has 2 aliphatic rings. The summed E-state index contributed by atoms with van der Waals surface area (Å²) in [5, 5.41) is 3.95. The molecule has 0 radical (unpaired) electrons. The lowest BCUT2D eigenvalue weighted by molar-refractivity contribution is -0.128. The quantitative estimate of drug-likeness (QED) is 0.807. The molecule has 0 saturated carbocycles. The van der Waals surface area contributed by atoms with Gasteiger partial charge >= 0.3 is 0 Å². The van der Waals surface area contributed by atoms with Crippen LogP contribution in [0.15, 0.2) is 35.5 Å². The van der Waals surface area contributed by atoms with Crippen molar-refractivity contribution >= 4 is 11.6 Å². The molecule has 1 fully saturated rings. The number of morpholine rings is 1. The highest BCUT2D eigenvalue weighted by Gasteiger charge is 2.30. The number of oxime groups is 1. The number of benzene rings is 1. The van der Waals surface area contributed by atoms with E-state index in [2.05, 4.69) is 5.16 Å². The Hall–Kier alpha value is -1.88. The van der Waals surface area contributed by atoms with Crippen LogP contribution in [-0.2, 0) is 14.4 Å². The molecule has 19 heavy (non-hydrogen) atoms. The van der Waals surface area contributed by atoms with Crippen LogP contribution in [0, 0.1) is 0 Å². The summed E-state index contributed by atoms with van der Waals surface area (Å²) in [6.07, 6.45) is 0.404. The first-order valence-electron chi connectivity index (χ1n) is 6.49. The topological polar surface area (TPSA) is 51.1 Å². The van der Waals surface area contributed by atoms with Crippen LogP contribution in [0.2, 0.25) is 0 Å². The van der Waals surface area contributed by atoms with E-state index in [-0.39, 0.29) is 12.0 Å². The number of ether oxygens (including phenoxy) is 1. The molecule has 0 unspecified atom stereocenters. The van der Waals surface area contributed by atoms with Crippen molar-refractivity contribution in [3.05, 3.63) is 35.9 Å². The Morgan fingerprint density at radius 1 is 1.21 bits per heavy atom. The molecular formula is C14H16N2O3. The van der Waals surface area contributed by atoms with Crippen molar-refractivity contribution in [1.29, 1.82) is 0 Å². The number of hydrogen-bond donors (Lipinski definition) is 0. The first-order chi connectivity index (χ1) is 9.34. The maximum absolute atomic E-state index is 12.2. The smallest absolute Gasteiger partial charge is 0.271 e. The van der Waals surface area contributed by atoms with Crippen LogP contribution >= 0.6 is 0 Å². The van der Waals surface area contributed by atoms with Gasteiger partial charge in [-0.25, -0.2) is 0 Å². The van der Waals surface area contributed by atoms with Gasteiger partial charge in [-0.3, -0.25) is 4.79 Å². The average molecular weight is 260 g/mol. The average Bonchev–Trinajstić information content (AvgIpc) is 2.98. The zero-order valence-electron chi connectivity index (χ0n) is 10.6. The van der Waals surface area contributed by atoms with E-state index >= 15 is 0 Å². The predicted octanol–water partition coefficient (Wildman–Crippen LogP) is 1.36. The molecule has 3 rings (SSSR count). The normalized spacial score (nSPS) is 22.8. The van der Waals surface area contributed by atoms with Crippen LogP contribution in [-0.4, -0.2) is 42.8 Å². The predicted molar refractivity (Wildman–Crippen MR) is 69.7 cm³/mol. The monoisotopic (exact) mass is 260 g/mol. The lowest BCUT2D eigenvalue weighted by Gasteiger charge is -2.26. The van der Waals surface area contributed by atoms with Crippen LogP contribution in [0.1, 0.15) is 18.1 Å². The largest absolute Gasteiger partial charge is 0.387 e. The van der Waals surface area contributed by atoms with E-state index < -0.39 is 0 Å². The summed E-state index contributed by atoms with van der Waals surface area (Å²) < 4.78 is 5.24. The third kappa shape index (κ3) is 2.61. The highest BCUT2D eigenvalue weighted by atomic mass is 16.6. The van der Waals surface area contributed by atoms with Gasteiger partial charge in [0.2, 0.25) is 0 Å².